The van der Waals surface area contributed by atoms with E-state index in [1.54, 1.807) is 18.4 Å². The van der Waals surface area contributed by atoms with Crippen molar-refractivity contribution in [3.8, 4) is 11.3 Å². The van der Waals surface area contributed by atoms with Crippen LogP contribution in [0.4, 0.5) is 5.69 Å². The molecule has 0 saturated heterocycles. The Bertz CT molecular complexity index is 409. The summed E-state index contributed by atoms with van der Waals surface area (Å²) >= 11 is 0. The van der Waals surface area contributed by atoms with Crippen molar-refractivity contribution >= 4 is 19.0 Å². The summed E-state index contributed by atoms with van der Waals surface area (Å²) in [7, 11) is 5.57. The molecule has 2 aromatic rings. The van der Waals surface area contributed by atoms with E-state index in [1.165, 1.54) is 0 Å². The van der Waals surface area contributed by atoms with Crippen LogP contribution in [0.3, 0.4) is 0 Å². The fourth-order valence-corrected chi connectivity index (χ4v) is 1.24. The molecule has 0 saturated carbocycles. The van der Waals surface area contributed by atoms with Crippen LogP contribution in [0, 0.1) is 0 Å². The fraction of sp³-hybridized carbons (Fsp3) is 0. The second-order valence-corrected chi connectivity index (χ2v) is 2.82. The Morgan fingerprint density at radius 1 is 1.23 bits per heavy atom. The normalized spacial score (nSPS) is 10.2. The van der Waals surface area contributed by atoms with Gasteiger partial charge in [-0.2, -0.15) is 0 Å². The van der Waals surface area contributed by atoms with Gasteiger partial charge in [0.15, 0.2) is 0 Å². The molecule has 1 aromatic carbocycles. The third-order valence-electron chi connectivity index (χ3n) is 1.86. The van der Waals surface area contributed by atoms with Gasteiger partial charge in [0.2, 0.25) is 0 Å². The molecule has 2 N–H and O–H groups in total. The van der Waals surface area contributed by atoms with Crippen LogP contribution in [0.5, 0.6) is 0 Å². The minimum absolute atomic E-state index is 0.634. The largest absolute Gasteiger partial charge is 0.464 e. The molecule has 0 aliphatic heterocycles. The van der Waals surface area contributed by atoms with Gasteiger partial charge >= 0.3 is 0 Å². The molecule has 62 valence electrons. The lowest BCUT2D eigenvalue weighted by atomic mass is 9.94. The van der Waals surface area contributed by atoms with Crippen molar-refractivity contribution in [3.05, 3.63) is 36.6 Å². The average molecular weight is 169 g/mol. The number of hydrogen-bond acceptors (Lipinski definition) is 2. The molecule has 0 aliphatic rings. The zero-order chi connectivity index (χ0) is 9.26. The zero-order valence-corrected chi connectivity index (χ0v) is 7.03. The summed E-state index contributed by atoms with van der Waals surface area (Å²) in [5, 5.41) is 0. The van der Waals surface area contributed by atoms with E-state index in [1.807, 2.05) is 18.2 Å². The van der Waals surface area contributed by atoms with Crippen LogP contribution in [-0.2, 0) is 0 Å². The third-order valence-corrected chi connectivity index (χ3v) is 1.86. The number of benzene rings is 1. The maximum absolute atomic E-state index is 5.77. The van der Waals surface area contributed by atoms with E-state index in [-0.39, 0.29) is 0 Å². The first-order chi connectivity index (χ1) is 6.27. The van der Waals surface area contributed by atoms with E-state index in [0.29, 0.717) is 11.2 Å². The number of furan rings is 1. The molecule has 0 unspecified atom stereocenters. The first kappa shape index (κ1) is 7.99. The van der Waals surface area contributed by atoms with Crippen molar-refractivity contribution < 1.29 is 4.42 Å². The van der Waals surface area contributed by atoms with Crippen LogP contribution in [-0.4, -0.2) is 7.85 Å². The lowest BCUT2D eigenvalue weighted by Gasteiger charge is -2.02. The van der Waals surface area contributed by atoms with Gasteiger partial charge in [0.05, 0.1) is 6.26 Å². The number of rotatable bonds is 1. The van der Waals surface area contributed by atoms with Gasteiger partial charge in [-0.25, -0.2) is 0 Å². The predicted molar refractivity (Wildman–Crippen MR) is 53.9 cm³/mol. The van der Waals surface area contributed by atoms with E-state index in [2.05, 4.69) is 0 Å². The SMILES string of the molecule is [B]c1ccc(-c2ccco2)c(N)c1. The van der Waals surface area contributed by atoms with Crippen molar-refractivity contribution in [1.82, 2.24) is 0 Å². The minimum atomic E-state index is 0.634. The Morgan fingerprint density at radius 2 is 2.08 bits per heavy atom. The standard InChI is InChI=1S/C10H8BNO/c11-7-3-4-8(9(12)6-7)10-2-1-5-13-10/h1-6H,12H2. The Kier molecular flexibility index (Phi) is 1.85. The molecule has 2 nitrogen and oxygen atoms in total. The van der Waals surface area contributed by atoms with Gasteiger partial charge < -0.3 is 10.2 Å². The van der Waals surface area contributed by atoms with Crippen molar-refractivity contribution in [2.24, 2.45) is 0 Å². The van der Waals surface area contributed by atoms with E-state index in [9.17, 15) is 0 Å². The highest BCUT2D eigenvalue weighted by molar-refractivity contribution is 6.32. The fourth-order valence-electron chi connectivity index (χ4n) is 1.24. The van der Waals surface area contributed by atoms with Gasteiger partial charge in [0.1, 0.15) is 13.6 Å². The van der Waals surface area contributed by atoms with E-state index < -0.39 is 0 Å². The molecule has 0 aliphatic carbocycles. The zero-order valence-electron chi connectivity index (χ0n) is 7.03. The highest BCUT2D eigenvalue weighted by Crippen LogP contribution is 2.24. The van der Waals surface area contributed by atoms with Crippen molar-refractivity contribution in [3.63, 3.8) is 0 Å². The highest BCUT2D eigenvalue weighted by atomic mass is 16.3. The molecule has 0 bridgehead atoms. The summed E-state index contributed by atoms with van der Waals surface area (Å²) < 4.78 is 5.22. The van der Waals surface area contributed by atoms with Gasteiger partial charge in [-0.1, -0.05) is 11.5 Å². The quantitative estimate of drug-likeness (QED) is 0.516. The Balaban J connectivity index is 2.53. The van der Waals surface area contributed by atoms with Crippen LogP contribution in [0.25, 0.3) is 11.3 Å². The number of nitrogen functional groups attached to an aromatic ring is 1. The summed E-state index contributed by atoms with van der Waals surface area (Å²) in [5.41, 5.74) is 7.94. The first-order valence-corrected chi connectivity index (χ1v) is 3.96. The third kappa shape index (κ3) is 1.45. The summed E-state index contributed by atoms with van der Waals surface area (Å²) in [6.07, 6.45) is 1.62. The molecule has 0 amide bonds. The molecule has 3 heteroatoms. The van der Waals surface area contributed by atoms with Gasteiger partial charge in [0.25, 0.3) is 0 Å². The first-order valence-electron chi connectivity index (χ1n) is 3.96. The van der Waals surface area contributed by atoms with E-state index in [0.717, 1.165) is 11.3 Å². The topological polar surface area (TPSA) is 39.2 Å². The summed E-state index contributed by atoms with van der Waals surface area (Å²) in [6, 6.07) is 9.06. The second kappa shape index (κ2) is 3.01. The van der Waals surface area contributed by atoms with Gasteiger partial charge in [0, 0.05) is 11.3 Å². The van der Waals surface area contributed by atoms with Crippen molar-refractivity contribution in [1.29, 1.82) is 0 Å². The number of hydrogen-bond donors (Lipinski definition) is 1. The van der Waals surface area contributed by atoms with Crippen LogP contribution in [0.2, 0.25) is 0 Å². The van der Waals surface area contributed by atoms with Crippen molar-refractivity contribution in [2.45, 2.75) is 0 Å². The smallest absolute Gasteiger partial charge is 0.135 e. The monoisotopic (exact) mass is 169 g/mol. The molecule has 1 aromatic heterocycles. The Labute approximate surface area is 77.8 Å². The van der Waals surface area contributed by atoms with Crippen molar-refractivity contribution in [2.75, 3.05) is 5.73 Å². The number of anilines is 1. The molecule has 1 heterocycles. The molecular weight excluding hydrogens is 161 g/mol. The summed E-state index contributed by atoms with van der Waals surface area (Å²) in [4.78, 5) is 0. The highest BCUT2D eigenvalue weighted by Gasteiger charge is 2.03. The maximum Gasteiger partial charge on any atom is 0.135 e. The second-order valence-electron chi connectivity index (χ2n) is 2.82. The predicted octanol–water partition coefficient (Wildman–Crippen LogP) is 1.32. The molecule has 0 spiro atoms. The lowest BCUT2D eigenvalue weighted by Crippen LogP contribution is -2.03. The average Bonchev–Trinajstić information content (AvgIpc) is 2.56. The molecule has 2 rings (SSSR count). The molecular formula is C10H8BNO. The molecule has 2 radical (unpaired) electrons. The maximum atomic E-state index is 5.77. The van der Waals surface area contributed by atoms with E-state index >= 15 is 0 Å². The Hall–Kier alpha value is -1.64. The van der Waals surface area contributed by atoms with Crippen LogP contribution < -0.4 is 11.2 Å². The van der Waals surface area contributed by atoms with Crippen LogP contribution in [0.1, 0.15) is 0 Å². The minimum Gasteiger partial charge on any atom is -0.464 e. The van der Waals surface area contributed by atoms with Gasteiger partial charge in [-0.15, -0.1) is 0 Å². The Morgan fingerprint density at radius 3 is 2.69 bits per heavy atom. The van der Waals surface area contributed by atoms with Gasteiger partial charge in [-0.05, 0) is 24.3 Å². The lowest BCUT2D eigenvalue weighted by molar-refractivity contribution is 0.582. The molecule has 0 atom stereocenters. The molecule has 0 fully saturated rings. The number of nitrogens with two attached hydrogens (primary N) is 1. The molecule has 13 heavy (non-hydrogen) atoms. The van der Waals surface area contributed by atoms with E-state index in [4.69, 9.17) is 18.0 Å². The summed E-state index contributed by atoms with van der Waals surface area (Å²) in [6.45, 7) is 0. The summed E-state index contributed by atoms with van der Waals surface area (Å²) in [5.74, 6) is 0.762. The van der Waals surface area contributed by atoms with Crippen LogP contribution >= 0.6 is 0 Å². The van der Waals surface area contributed by atoms with Crippen LogP contribution in [0.15, 0.2) is 41.0 Å². The van der Waals surface area contributed by atoms with Gasteiger partial charge in [-0.3, -0.25) is 0 Å².